The van der Waals surface area contributed by atoms with Crippen molar-refractivity contribution in [2.45, 2.75) is 61.1 Å². The summed E-state index contributed by atoms with van der Waals surface area (Å²) >= 11 is 1.55. The second kappa shape index (κ2) is 11.0. The summed E-state index contributed by atoms with van der Waals surface area (Å²) in [6.07, 6.45) is 11.9. The number of rotatable bonds is 7. The molecule has 1 N–H and O–H groups in total. The molecular formula is C29H36N2O5S. The molecule has 1 aromatic rings. The summed E-state index contributed by atoms with van der Waals surface area (Å²) in [5, 5.41) is 10.3. The van der Waals surface area contributed by atoms with E-state index in [1.165, 1.54) is 0 Å². The zero-order valence-electron chi connectivity index (χ0n) is 21.3. The van der Waals surface area contributed by atoms with Crippen LogP contribution in [0.4, 0.5) is 0 Å². The van der Waals surface area contributed by atoms with Gasteiger partial charge in [0.15, 0.2) is 0 Å². The molecular weight excluding hydrogens is 488 g/mol. The third kappa shape index (κ3) is 4.63. The zero-order valence-corrected chi connectivity index (χ0v) is 22.1. The minimum absolute atomic E-state index is 0.0999. The smallest absolute Gasteiger partial charge is 0.311 e. The lowest BCUT2D eigenvalue weighted by Crippen LogP contribution is -2.57. The number of allylic oxidation sites excluding steroid dienone is 1. The molecule has 4 aliphatic rings. The van der Waals surface area contributed by atoms with Crippen LogP contribution in [0.25, 0.3) is 0 Å². The van der Waals surface area contributed by atoms with E-state index in [4.69, 9.17) is 4.74 Å². The van der Waals surface area contributed by atoms with Gasteiger partial charge in [0.1, 0.15) is 6.04 Å². The second-order valence-electron chi connectivity index (χ2n) is 10.4. The van der Waals surface area contributed by atoms with E-state index in [0.717, 1.165) is 31.2 Å². The van der Waals surface area contributed by atoms with Crippen LogP contribution >= 0.6 is 11.8 Å². The average molecular weight is 525 g/mol. The van der Waals surface area contributed by atoms with E-state index in [-0.39, 0.29) is 29.6 Å². The highest BCUT2D eigenvalue weighted by Gasteiger charge is 2.71. The molecule has 2 saturated heterocycles. The first-order chi connectivity index (χ1) is 18.0. The highest BCUT2D eigenvalue weighted by Crippen LogP contribution is 2.61. The van der Waals surface area contributed by atoms with E-state index < -0.39 is 28.7 Å². The summed E-state index contributed by atoms with van der Waals surface area (Å²) in [7, 11) is 0. The molecule has 5 rings (SSSR count). The van der Waals surface area contributed by atoms with Crippen molar-refractivity contribution in [1.29, 1.82) is 0 Å². The Bertz CT molecular complexity index is 1080. The lowest BCUT2D eigenvalue weighted by molar-refractivity contribution is -0.153. The van der Waals surface area contributed by atoms with Crippen LogP contribution in [-0.4, -0.2) is 81.1 Å². The van der Waals surface area contributed by atoms with Gasteiger partial charge >= 0.3 is 5.97 Å². The monoisotopic (exact) mass is 524 g/mol. The van der Waals surface area contributed by atoms with Crippen LogP contribution in [0.1, 0.15) is 38.2 Å². The van der Waals surface area contributed by atoms with E-state index >= 15 is 0 Å². The van der Waals surface area contributed by atoms with Gasteiger partial charge in [0, 0.05) is 18.3 Å². The number of amides is 2. The number of esters is 1. The molecule has 6 atom stereocenters. The predicted molar refractivity (Wildman–Crippen MR) is 143 cm³/mol. The number of benzene rings is 1. The molecule has 198 valence electrons. The van der Waals surface area contributed by atoms with Crippen LogP contribution in [0, 0.1) is 11.8 Å². The summed E-state index contributed by atoms with van der Waals surface area (Å²) < 4.78 is 4.74. The number of hydrogen-bond donors (Lipinski definition) is 1. The Morgan fingerprint density at radius 2 is 1.97 bits per heavy atom. The predicted octanol–water partition coefficient (Wildman–Crippen LogP) is 2.98. The molecule has 1 spiro atoms. The van der Waals surface area contributed by atoms with Crippen molar-refractivity contribution in [3.05, 3.63) is 60.2 Å². The van der Waals surface area contributed by atoms with Gasteiger partial charge in [-0.1, -0.05) is 68.0 Å². The van der Waals surface area contributed by atoms with Gasteiger partial charge in [0.05, 0.1) is 35.8 Å². The van der Waals surface area contributed by atoms with Crippen LogP contribution in [-0.2, 0) is 25.5 Å². The van der Waals surface area contributed by atoms with Crippen molar-refractivity contribution < 1.29 is 24.2 Å². The van der Waals surface area contributed by atoms with E-state index in [1.807, 2.05) is 53.5 Å². The standard InChI is InChI=1S/C29H36N2O5S/c1-2-3-15-30-16-10-14-29-24(23-22(37-29)13-8-5-9-17-36-28(23)35)26(33)31(25(29)27(30)34)21(19-32)18-20-11-6-4-7-12-20/h4,6-8,10-14,21-25,32H,2-3,5,9,15-19H2,1H3/b13-8-/t21-,22+,23-,24+,25?,29+/m1/s1. The Morgan fingerprint density at radius 1 is 1.16 bits per heavy atom. The maximum absolute atomic E-state index is 14.4. The summed E-state index contributed by atoms with van der Waals surface area (Å²) in [6.45, 7) is 3.23. The molecule has 2 amide bonds. The van der Waals surface area contributed by atoms with E-state index in [2.05, 4.69) is 13.0 Å². The first kappa shape index (κ1) is 26.0. The Kier molecular flexibility index (Phi) is 7.77. The molecule has 0 aliphatic carbocycles. The van der Waals surface area contributed by atoms with Crippen LogP contribution in [0.3, 0.4) is 0 Å². The largest absolute Gasteiger partial charge is 0.465 e. The van der Waals surface area contributed by atoms with Gasteiger partial charge in [0.25, 0.3) is 0 Å². The molecule has 4 aliphatic heterocycles. The normalized spacial score (nSPS) is 33.0. The molecule has 0 bridgehead atoms. The van der Waals surface area contributed by atoms with E-state index in [9.17, 15) is 19.5 Å². The Hall–Kier alpha value is -2.58. The fourth-order valence-corrected chi connectivity index (χ4v) is 8.31. The van der Waals surface area contributed by atoms with Crippen LogP contribution < -0.4 is 0 Å². The van der Waals surface area contributed by atoms with Crippen molar-refractivity contribution in [3.63, 3.8) is 0 Å². The molecule has 37 heavy (non-hydrogen) atoms. The fourth-order valence-electron chi connectivity index (χ4n) is 6.32. The van der Waals surface area contributed by atoms with E-state index in [1.54, 1.807) is 16.7 Å². The lowest BCUT2D eigenvalue weighted by atomic mass is 9.78. The van der Waals surface area contributed by atoms with Gasteiger partial charge in [-0.15, -0.1) is 11.8 Å². The maximum atomic E-state index is 14.4. The van der Waals surface area contributed by atoms with Gasteiger partial charge in [-0.2, -0.15) is 0 Å². The van der Waals surface area contributed by atoms with Crippen molar-refractivity contribution in [3.8, 4) is 0 Å². The second-order valence-corrected chi connectivity index (χ2v) is 11.9. The number of carbonyl (C=O) groups excluding carboxylic acids is 3. The zero-order chi connectivity index (χ0) is 26.0. The van der Waals surface area contributed by atoms with Gasteiger partial charge in [0.2, 0.25) is 11.8 Å². The molecule has 0 saturated carbocycles. The van der Waals surface area contributed by atoms with Crippen molar-refractivity contribution >= 4 is 29.5 Å². The molecule has 1 unspecified atom stereocenters. The number of nitrogens with zero attached hydrogens (tertiary/aromatic N) is 2. The summed E-state index contributed by atoms with van der Waals surface area (Å²) in [5.41, 5.74) is 0.982. The van der Waals surface area contributed by atoms with Gasteiger partial charge in [-0.3, -0.25) is 14.4 Å². The van der Waals surface area contributed by atoms with Gasteiger partial charge in [-0.05, 0) is 31.2 Å². The minimum atomic E-state index is -0.892. The molecule has 4 heterocycles. The maximum Gasteiger partial charge on any atom is 0.311 e. The highest BCUT2D eigenvalue weighted by atomic mass is 32.2. The van der Waals surface area contributed by atoms with Crippen LogP contribution in [0.2, 0.25) is 0 Å². The van der Waals surface area contributed by atoms with Gasteiger partial charge < -0.3 is 19.6 Å². The molecule has 1 aromatic carbocycles. The number of likely N-dealkylation sites (tertiary alicyclic amines) is 1. The van der Waals surface area contributed by atoms with Crippen molar-refractivity contribution in [1.82, 2.24) is 9.80 Å². The Labute approximate surface area is 222 Å². The topological polar surface area (TPSA) is 87.2 Å². The Balaban J connectivity index is 1.59. The average Bonchev–Trinajstić information content (AvgIpc) is 3.32. The van der Waals surface area contributed by atoms with E-state index in [0.29, 0.717) is 26.1 Å². The highest BCUT2D eigenvalue weighted by molar-refractivity contribution is 8.02. The third-order valence-corrected chi connectivity index (χ3v) is 9.82. The number of fused-ring (bicyclic) bond motifs is 2. The SMILES string of the molecule is CCCCN1CC=C[C@]23S[C@H]4/C=C\CCCOC(=O)[C@H]4[C@H]2C(=O)N([C@@H](CO)Cc2ccccc2)C3C1=O. The van der Waals surface area contributed by atoms with Gasteiger partial charge in [-0.25, -0.2) is 0 Å². The first-order valence-electron chi connectivity index (χ1n) is 13.5. The van der Waals surface area contributed by atoms with Crippen molar-refractivity contribution in [2.75, 3.05) is 26.3 Å². The van der Waals surface area contributed by atoms with Crippen LogP contribution in [0.15, 0.2) is 54.6 Å². The number of unbranched alkanes of at least 4 members (excludes halogenated alkanes) is 1. The summed E-state index contributed by atoms with van der Waals surface area (Å²) in [4.78, 5) is 45.4. The number of thioether (sulfide) groups is 1. The molecule has 8 heteroatoms. The number of aliphatic hydroxyl groups excluding tert-OH is 1. The number of hydrogen-bond acceptors (Lipinski definition) is 6. The number of aliphatic hydroxyl groups is 1. The number of ether oxygens (including phenoxy) is 1. The molecule has 2 fully saturated rings. The summed E-state index contributed by atoms with van der Waals surface area (Å²) in [5.74, 6) is -2.09. The first-order valence-corrected chi connectivity index (χ1v) is 14.3. The number of cyclic esters (lactones) is 1. The third-order valence-electron chi connectivity index (χ3n) is 8.07. The lowest BCUT2D eigenvalue weighted by Gasteiger charge is -2.38. The minimum Gasteiger partial charge on any atom is -0.465 e. The summed E-state index contributed by atoms with van der Waals surface area (Å²) in [6, 6.07) is 8.35. The number of carbonyl (C=O) groups is 3. The molecule has 7 nitrogen and oxygen atoms in total. The Morgan fingerprint density at radius 3 is 2.73 bits per heavy atom. The van der Waals surface area contributed by atoms with Crippen LogP contribution in [0.5, 0.6) is 0 Å². The fraction of sp³-hybridized carbons (Fsp3) is 0.552. The quantitative estimate of drug-likeness (QED) is 0.436. The molecule has 0 radical (unpaired) electrons. The molecule has 0 aromatic heterocycles. The van der Waals surface area contributed by atoms with Crippen molar-refractivity contribution in [2.24, 2.45) is 11.8 Å².